The van der Waals surface area contributed by atoms with E-state index in [1.165, 1.54) is 32.1 Å². The number of aromatic nitrogens is 2. The van der Waals surface area contributed by atoms with Crippen LogP contribution in [0.1, 0.15) is 53.8 Å². The fourth-order valence-electron chi connectivity index (χ4n) is 3.46. The fourth-order valence-corrected chi connectivity index (χ4v) is 3.46. The molecule has 1 aliphatic carbocycles. The highest BCUT2D eigenvalue weighted by molar-refractivity contribution is 5.93. The highest BCUT2D eigenvalue weighted by Crippen LogP contribution is 2.29. The molecule has 0 radical (unpaired) electrons. The minimum absolute atomic E-state index is 0.00187. The lowest BCUT2D eigenvalue weighted by Crippen LogP contribution is -2.27. The van der Waals surface area contributed by atoms with Crippen LogP contribution in [-0.4, -0.2) is 46.5 Å². The van der Waals surface area contributed by atoms with Gasteiger partial charge in [-0.2, -0.15) is 5.10 Å². The molecule has 1 amide bonds. The smallest absolute Gasteiger partial charge is 0.274 e. The Bertz CT molecular complexity index is 488. The van der Waals surface area contributed by atoms with Crippen molar-refractivity contribution in [1.29, 1.82) is 0 Å². The predicted molar refractivity (Wildman–Crippen MR) is 77.3 cm³/mol. The highest BCUT2D eigenvalue weighted by atomic mass is 16.2. The van der Waals surface area contributed by atoms with Crippen LogP contribution in [0.2, 0.25) is 0 Å². The van der Waals surface area contributed by atoms with Crippen molar-refractivity contribution in [3.05, 3.63) is 17.0 Å². The number of amides is 1. The van der Waals surface area contributed by atoms with Gasteiger partial charge in [-0.15, -0.1) is 0 Å². The quantitative estimate of drug-likeness (QED) is 0.919. The van der Waals surface area contributed by atoms with Crippen LogP contribution < -0.4 is 0 Å². The van der Waals surface area contributed by atoms with Crippen LogP contribution in [0.25, 0.3) is 0 Å². The Morgan fingerprint density at radius 2 is 2.05 bits per heavy atom. The molecule has 0 spiro atoms. The lowest BCUT2D eigenvalue weighted by atomic mass is 9.89. The van der Waals surface area contributed by atoms with Gasteiger partial charge in [0.05, 0.1) is 5.69 Å². The molecule has 0 unspecified atom stereocenters. The SMILES string of the molecule is CN(C)C(=O)c1n[nH]c2c1CN(CC1CCCCC1)C2. The molecule has 3 rings (SSSR count). The van der Waals surface area contributed by atoms with E-state index in [1.54, 1.807) is 19.0 Å². The molecule has 1 fully saturated rings. The summed E-state index contributed by atoms with van der Waals surface area (Å²) in [5, 5.41) is 7.25. The van der Waals surface area contributed by atoms with Crippen molar-refractivity contribution >= 4 is 5.91 Å². The van der Waals surface area contributed by atoms with Crippen molar-refractivity contribution in [2.75, 3.05) is 20.6 Å². The van der Waals surface area contributed by atoms with Crippen LogP contribution in [0.3, 0.4) is 0 Å². The monoisotopic (exact) mass is 276 g/mol. The Morgan fingerprint density at radius 1 is 1.30 bits per heavy atom. The first-order chi connectivity index (χ1) is 9.65. The minimum atomic E-state index is 0.00187. The Balaban J connectivity index is 1.65. The van der Waals surface area contributed by atoms with Crippen molar-refractivity contribution in [3.8, 4) is 0 Å². The van der Waals surface area contributed by atoms with Gasteiger partial charge in [0.2, 0.25) is 0 Å². The topological polar surface area (TPSA) is 52.2 Å². The van der Waals surface area contributed by atoms with E-state index in [0.717, 1.165) is 36.8 Å². The second kappa shape index (κ2) is 5.56. The van der Waals surface area contributed by atoms with Gasteiger partial charge in [-0.25, -0.2) is 0 Å². The summed E-state index contributed by atoms with van der Waals surface area (Å²) >= 11 is 0. The van der Waals surface area contributed by atoms with E-state index in [9.17, 15) is 4.79 Å². The molecule has 110 valence electrons. The number of H-pyrrole nitrogens is 1. The molecule has 2 aliphatic rings. The van der Waals surface area contributed by atoms with E-state index in [0.29, 0.717) is 5.69 Å². The molecule has 1 N–H and O–H groups in total. The van der Waals surface area contributed by atoms with Gasteiger partial charge in [0.25, 0.3) is 5.91 Å². The van der Waals surface area contributed by atoms with E-state index in [4.69, 9.17) is 0 Å². The lowest BCUT2D eigenvalue weighted by molar-refractivity contribution is 0.0819. The summed E-state index contributed by atoms with van der Waals surface area (Å²) < 4.78 is 0. The number of rotatable bonds is 3. The van der Waals surface area contributed by atoms with E-state index in [1.807, 2.05) is 0 Å². The first-order valence-electron chi connectivity index (χ1n) is 7.65. The Hall–Kier alpha value is -1.36. The standard InChI is InChI=1S/C15H24N4O/c1-18(2)15(20)14-12-9-19(10-13(12)16-17-14)8-11-6-4-3-5-7-11/h11H,3-10H2,1-2H3,(H,16,17). The molecule has 1 aromatic heterocycles. The average molecular weight is 276 g/mol. The summed E-state index contributed by atoms with van der Waals surface area (Å²) in [5.41, 5.74) is 2.85. The van der Waals surface area contributed by atoms with Crippen LogP contribution in [0.15, 0.2) is 0 Å². The molecule has 5 nitrogen and oxygen atoms in total. The molecule has 1 saturated carbocycles. The highest BCUT2D eigenvalue weighted by Gasteiger charge is 2.29. The molecule has 1 aromatic rings. The van der Waals surface area contributed by atoms with E-state index in [2.05, 4.69) is 15.1 Å². The number of carbonyl (C=O) groups is 1. The maximum atomic E-state index is 12.1. The number of fused-ring (bicyclic) bond motifs is 1. The molecular weight excluding hydrogens is 252 g/mol. The molecule has 0 atom stereocenters. The first kappa shape index (κ1) is 13.6. The van der Waals surface area contributed by atoms with Crippen LogP contribution in [0.4, 0.5) is 0 Å². The Morgan fingerprint density at radius 3 is 2.75 bits per heavy atom. The summed E-state index contributed by atoms with van der Waals surface area (Å²) in [7, 11) is 3.55. The Labute approximate surface area is 120 Å². The summed E-state index contributed by atoms with van der Waals surface area (Å²) in [5.74, 6) is 0.843. The number of carbonyl (C=O) groups excluding carboxylic acids is 1. The van der Waals surface area contributed by atoms with Gasteiger partial charge >= 0.3 is 0 Å². The van der Waals surface area contributed by atoms with Crippen LogP contribution >= 0.6 is 0 Å². The van der Waals surface area contributed by atoms with Crippen molar-refractivity contribution in [2.24, 2.45) is 5.92 Å². The molecule has 0 bridgehead atoms. The number of nitrogens with zero attached hydrogens (tertiary/aromatic N) is 3. The van der Waals surface area contributed by atoms with Gasteiger partial charge < -0.3 is 4.90 Å². The zero-order chi connectivity index (χ0) is 14.1. The third-order valence-electron chi connectivity index (χ3n) is 4.57. The normalized spacial score (nSPS) is 20.1. The molecule has 0 aromatic carbocycles. The average Bonchev–Trinajstić information content (AvgIpc) is 2.98. The second-order valence-corrected chi connectivity index (χ2v) is 6.40. The molecule has 0 saturated heterocycles. The maximum absolute atomic E-state index is 12.1. The van der Waals surface area contributed by atoms with E-state index < -0.39 is 0 Å². The number of aromatic amines is 1. The zero-order valence-corrected chi connectivity index (χ0v) is 12.5. The van der Waals surface area contributed by atoms with Crippen molar-refractivity contribution in [3.63, 3.8) is 0 Å². The van der Waals surface area contributed by atoms with E-state index in [-0.39, 0.29) is 5.91 Å². The van der Waals surface area contributed by atoms with Gasteiger partial charge in [0.1, 0.15) is 0 Å². The first-order valence-corrected chi connectivity index (χ1v) is 7.65. The third-order valence-corrected chi connectivity index (χ3v) is 4.57. The molecule has 2 heterocycles. The summed E-state index contributed by atoms with van der Waals surface area (Å²) in [6.45, 7) is 2.95. The summed E-state index contributed by atoms with van der Waals surface area (Å²) in [6.07, 6.45) is 6.91. The molecular formula is C15H24N4O. The minimum Gasteiger partial charge on any atom is -0.343 e. The van der Waals surface area contributed by atoms with Crippen molar-refractivity contribution in [2.45, 2.75) is 45.2 Å². The van der Waals surface area contributed by atoms with E-state index >= 15 is 0 Å². The van der Waals surface area contributed by atoms with Gasteiger partial charge in [-0.05, 0) is 18.8 Å². The van der Waals surface area contributed by atoms with Crippen LogP contribution in [0, 0.1) is 5.92 Å². The van der Waals surface area contributed by atoms with Gasteiger partial charge in [0, 0.05) is 39.3 Å². The van der Waals surface area contributed by atoms with Crippen LogP contribution in [0.5, 0.6) is 0 Å². The molecule has 5 heteroatoms. The van der Waals surface area contributed by atoms with Crippen molar-refractivity contribution < 1.29 is 4.79 Å². The molecule has 1 aliphatic heterocycles. The largest absolute Gasteiger partial charge is 0.343 e. The summed E-state index contributed by atoms with van der Waals surface area (Å²) in [6, 6.07) is 0. The number of nitrogens with one attached hydrogen (secondary N) is 1. The van der Waals surface area contributed by atoms with Crippen molar-refractivity contribution in [1.82, 2.24) is 20.0 Å². The summed E-state index contributed by atoms with van der Waals surface area (Å²) in [4.78, 5) is 16.1. The predicted octanol–water partition coefficient (Wildman–Crippen LogP) is 2.01. The van der Waals surface area contributed by atoms with Gasteiger partial charge in [-0.3, -0.25) is 14.8 Å². The van der Waals surface area contributed by atoms with Crippen LogP contribution in [-0.2, 0) is 13.1 Å². The fraction of sp³-hybridized carbons (Fsp3) is 0.733. The lowest BCUT2D eigenvalue weighted by Gasteiger charge is -2.26. The number of hydrogen-bond donors (Lipinski definition) is 1. The number of hydrogen-bond acceptors (Lipinski definition) is 3. The Kier molecular flexibility index (Phi) is 3.78. The van der Waals surface area contributed by atoms with Gasteiger partial charge in [0.15, 0.2) is 5.69 Å². The zero-order valence-electron chi connectivity index (χ0n) is 12.5. The van der Waals surface area contributed by atoms with Gasteiger partial charge in [-0.1, -0.05) is 19.3 Å². The maximum Gasteiger partial charge on any atom is 0.274 e. The second-order valence-electron chi connectivity index (χ2n) is 6.40. The molecule has 20 heavy (non-hydrogen) atoms. The third kappa shape index (κ3) is 2.59.